The maximum absolute atomic E-state index is 14.0. The summed E-state index contributed by atoms with van der Waals surface area (Å²) in [5, 5.41) is 3.44. The summed E-state index contributed by atoms with van der Waals surface area (Å²) in [6.07, 6.45) is 0. The number of halogens is 2. The van der Waals surface area contributed by atoms with Gasteiger partial charge < -0.3 is 10.2 Å². The first-order valence-corrected chi connectivity index (χ1v) is 7.16. The molecule has 1 saturated heterocycles. The zero-order chi connectivity index (χ0) is 14.8. The lowest BCUT2D eigenvalue weighted by atomic mass is 10.0. The molecule has 2 nitrogen and oxygen atoms in total. The topological polar surface area (TPSA) is 15.3 Å². The van der Waals surface area contributed by atoms with Crippen LogP contribution in [-0.2, 0) is 0 Å². The Labute approximate surface area is 123 Å². The minimum Gasteiger partial charge on any atom is -0.361 e. The van der Waals surface area contributed by atoms with Crippen LogP contribution in [0.15, 0.2) is 48.5 Å². The van der Waals surface area contributed by atoms with E-state index in [4.69, 9.17) is 0 Å². The van der Waals surface area contributed by atoms with E-state index in [2.05, 4.69) is 5.32 Å². The fourth-order valence-corrected chi connectivity index (χ4v) is 2.85. The molecule has 1 heterocycles. The summed E-state index contributed by atoms with van der Waals surface area (Å²) in [7, 11) is 0. The molecule has 2 aromatic carbocycles. The molecule has 21 heavy (non-hydrogen) atoms. The molecule has 0 bridgehead atoms. The molecule has 2 atom stereocenters. The predicted molar refractivity (Wildman–Crippen MR) is 80.4 cm³/mol. The van der Waals surface area contributed by atoms with Crippen molar-refractivity contribution < 1.29 is 8.78 Å². The molecule has 1 aliphatic rings. The molecule has 0 amide bonds. The summed E-state index contributed by atoms with van der Waals surface area (Å²) < 4.78 is 28.1. The van der Waals surface area contributed by atoms with Gasteiger partial charge in [0.15, 0.2) is 0 Å². The second-order valence-corrected chi connectivity index (χ2v) is 5.44. The smallest absolute Gasteiger partial charge is 0.149 e. The zero-order valence-electron chi connectivity index (χ0n) is 11.9. The van der Waals surface area contributed by atoms with E-state index in [1.165, 1.54) is 18.2 Å². The summed E-state index contributed by atoms with van der Waals surface area (Å²) >= 11 is 0. The fourth-order valence-electron chi connectivity index (χ4n) is 2.85. The third-order valence-electron chi connectivity index (χ3n) is 4.00. The standard InChI is InChI=1S/C17H18F2N2/c1-12-10-20-16(13-6-3-2-4-7-13)11-21(12)17-14(18)8-5-9-15(17)19/h2-9,12,16,20H,10-11H2,1H3. The highest BCUT2D eigenvalue weighted by Crippen LogP contribution is 2.29. The molecule has 110 valence electrons. The Morgan fingerprint density at radius 2 is 1.67 bits per heavy atom. The van der Waals surface area contributed by atoms with Crippen LogP contribution in [-0.4, -0.2) is 19.1 Å². The lowest BCUT2D eigenvalue weighted by Crippen LogP contribution is -2.52. The van der Waals surface area contributed by atoms with Crippen LogP contribution in [0.2, 0.25) is 0 Å². The first kappa shape index (κ1) is 14.0. The molecule has 1 fully saturated rings. The van der Waals surface area contributed by atoms with Crippen LogP contribution >= 0.6 is 0 Å². The number of nitrogens with zero attached hydrogens (tertiary/aromatic N) is 1. The van der Waals surface area contributed by atoms with E-state index in [1.54, 1.807) is 0 Å². The molecule has 0 radical (unpaired) electrons. The van der Waals surface area contributed by atoms with Crippen LogP contribution in [0, 0.1) is 11.6 Å². The van der Waals surface area contributed by atoms with Gasteiger partial charge in [-0.15, -0.1) is 0 Å². The molecule has 2 unspecified atom stereocenters. The molecule has 1 aliphatic heterocycles. The average Bonchev–Trinajstić information content (AvgIpc) is 2.50. The van der Waals surface area contributed by atoms with Gasteiger partial charge >= 0.3 is 0 Å². The summed E-state index contributed by atoms with van der Waals surface area (Å²) in [4.78, 5) is 1.82. The van der Waals surface area contributed by atoms with E-state index in [9.17, 15) is 8.78 Å². The summed E-state index contributed by atoms with van der Waals surface area (Å²) in [6, 6.07) is 14.1. The van der Waals surface area contributed by atoms with Crippen molar-refractivity contribution in [3.05, 3.63) is 65.7 Å². The van der Waals surface area contributed by atoms with Crippen LogP contribution in [0.3, 0.4) is 0 Å². The summed E-state index contributed by atoms with van der Waals surface area (Å²) in [5.41, 5.74) is 1.21. The van der Waals surface area contributed by atoms with Gasteiger partial charge in [-0.2, -0.15) is 0 Å². The second kappa shape index (κ2) is 5.82. The molecule has 2 aromatic rings. The fraction of sp³-hybridized carbons (Fsp3) is 0.294. The van der Waals surface area contributed by atoms with Gasteiger partial charge in [-0.3, -0.25) is 0 Å². The van der Waals surface area contributed by atoms with Crippen molar-refractivity contribution in [1.82, 2.24) is 5.32 Å². The van der Waals surface area contributed by atoms with Gasteiger partial charge in [0.1, 0.15) is 17.3 Å². The number of hydrogen-bond donors (Lipinski definition) is 1. The minimum atomic E-state index is -0.504. The quantitative estimate of drug-likeness (QED) is 0.910. The normalized spacial score (nSPS) is 22.3. The molecule has 4 heteroatoms. The highest BCUT2D eigenvalue weighted by Gasteiger charge is 2.29. The minimum absolute atomic E-state index is 0.0383. The van der Waals surface area contributed by atoms with Crippen LogP contribution in [0.4, 0.5) is 14.5 Å². The Morgan fingerprint density at radius 3 is 2.33 bits per heavy atom. The molecule has 0 saturated carbocycles. The Hall–Kier alpha value is -1.94. The first-order valence-electron chi connectivity index (χ1n) is 7.16. The maximum atomic E-state index is 14.0. The number of piperazine rings is 1. The zero-order valence-corrected chi connectivity index (χ0v) is 11.9. The molecule has 0 spiro atoms. The van der Waals surface area contributed by atoms with Gasteiger partial charge in [-0.25, -0.2) is 8.78 Å². The second-order valence-electron chi connectivity index (χ2n) is 5.44. The highest BCUT2D eigenvalue weighted by atomic mass is 19.1. The van der Waals surface area contributed by atoms with Gasteiger partial charge in [0.2, 0.25) is 0 Å². The van der Waals surface area contributed by atoms with E-state index in [0.717, 1.165) is 5.56 Å². The molecule has 3 rings (SSSR count). The van der Waals surface area contributed by atoms with Crippen molar-refractivity contribution in [3.63, 3.8) is 0 Å². The predicted octanol–water partition coefficient (Wildman–Crippen LogP) is 3.50. The van der Waals surface area contributed by atoms with Crippen LogP contribution < -0.4 is 10.2 Å². The molecule has 1 N–H and O–H groups in total. The molecular weight excluding hydrogens is 270 g/mol. The number of nitrogens with one attached hydrogen (secondary N) is 1. The number of anilines is 1. The van der Waals surface area contributed by atoms with Crippen molar-refractivity contribution in [1.29, 1.82) is 0 Å². The Morgan fingerprint density at radius 1 is 1.00 bits per heavy atom. The highest BCUT2D eigenvalue weighted by molar-refractivity contribution is 5.51. The Bertz CT molecular complexity index is 595. The van der Waals surface area contributed by atoms with Crippen molar-refractivity contribution in [2.45, 2.75) is 19.0 Å². The lowest BCUT2D eigenvalue weighted by molar-refractivity contribution is 0.404. The number of rotatable bonds is 2. The number of benzene rings is 2. The van der Waals surface area contributed by atoms with Crippen LogP contribution in [0.1, 0.15) is 18.5 Å². The van der Waals surface area contributed by atoms with Crippen LogP contribution in [0.5, 0.6) is 0 Å². The van der Waals surface area contributed by atoms with Gasteiger partial charge in [0.05, 0.1) is 0 Å². The van der Waals surface area contributed by atoms with E-state index < -0.39 is 11.6 Å². The van der Waals surface area contributed by atoms with E-state index in [0.29, 0.717) is 13.1 Å². The third-order valence-corrected chi connectivity index (χ3v) is 4.00. The van der Waals surface area contributed by atoms with E-state index in [1.807, 2.05) is 42.2 Å². The van der Waals surface area contributed by atoms with Gasteiger partial charge in [0.25, 0.3) is 0 Å². The SMILES string of the molecule is CC1CNC(c2ccccc2)CN1c1c(F)cccc1F. The Balaban J connectivity index is 1.91. The maximum Gasteiger partial charge on any atom is 0.149 e. The molecule has 0 aliphatic carbocycles. The van der Waals surface area contributed by atoms with Gasteiger partial charge in [-0.1, -0.05) is 36.4 Å². The number of para-hydroxylation sites is 1. The van der Waals surface area contributed by atoms with Crippen molar-refractivity contribution in [3.8, 4) is 0 Å². The lowest BCUT2D eigenvalue weighted by Gasteiger charge is -2.40. The molecular formula is C17H18F2N2. The first-order chi connectivity index (χ1) is 10.2. The van der Waals surface area contributed by atoms with Crippen LogP contribution in [0.25, 0.3) is 0 Å². The summed E-state index contributed by atoms with van der Waals surface area (Å²) in [6.45, 7) is 3.20. The van der Waals surface area contributed by atoms with Gasteiger partial charge in [-0.05, 0) is 24.6 Å². The monoisotopic (exact) mass is 288 g/mol. The van der Waals surface area contributed by atoms with Crippen molar-refractivity contribution >= 4 is 5.69 Å². The van der Waals surface area contributed by atoms with Crippen molar-refractivity contribution in [2.24, 2.45) is 0 Å². The van der Waals surface area contributed by atoms with E-state index >= 15 is 0 Å². The number of hydrogen-bond acceptors (Lipinski definition) is 2. The Kier molecular flexibility index (Phi) is 3.88. The molecule has 0 aromatic heterocycles. The average molecular weight is 288 g/mol. The summed E-state index contributed by atoms with van der Waals surface area (Å²) in [5.74, 6) is -1.01. The largest absolute Gasteiger partial charge is 0.361 e. The third kappa shape index (κ3) is 2.76. The van der Waals surface area contributed by atoms with E-state index in [-0.39, 0.29) is 17.8 Å². The van der Waals surface area contributed by atoms with Crippen molar-refractivity contribution in [2.75, 3.05) is 18.0 Å². The van der Waals surface area contributed by atoms with Gasteiger partial charge in [0, 0.05) is 25.2 Å².